The zero-order valence-corrected chi connectivity index (χ0v) is 16.1. The standard InChI is InChI=1S/C17H22N4O3S2/c22-17(18-10-12-1-2-15-16(9-12)20-25-19-15)13-3-6-21(7-4-13)14-5-8-26(23,24)11-14/h1-2,9,13-14H,3-8,10-11H2,(H,18,22)/t14-/m1/s1. The fourth-order valence-corrected chi connectivity index (χ4v) is 6.14. The van der Waals surface area contributed by atoms with Gasteiger partial charge < -0.3 is 5.32 Å². The van der Waals surface area contributed by atoms with Crippen LogP contribution in [-0.2, 0) is 21.2 Å². The number of benzene rings is 1. The molecule has 1 amide bonds. The molecule has 0 aliphatic carbocycles. The summed E-state index contributed by atoms with van der Waals surface area (Å²) in [7, 11) is -2.86. The van der Waals surface area contributed by atoms with E-state index in [1.165, 1.54) is 11.7 Å². The van der Waals surface area contributed by atoms with Crippen molar-refractivity contribution in [2.24, 2.45) is 5.92 Å². The molecule has 4 rings (SSSR count). The predicted octanol–water partition coefficient (Wildman–Crippen LogP) is 1.21. The van der Waals surface area contributed by atoms with E-state index in [1.807, 2.05) is 18.2 Å². The van der Waals surface area contributed by atoms with Crippen molar-refractivity contribution in [3.05, 3.63) is 23.8 Å². The van der Waals surface area contributed by atoms with Gasteiger partial charge >= 0.3 is 0 Å². The molecule has 0 unspecified atom stereocenters. The number of rotatable bonds is 4. The molecular weight excluding hydrogens is 372 g/mol. The lowest BCUT2D eigenvalue weighted by Crippen LogP contribution is -2.45. The lowest BCUT2D eigenvalue weighted by molar-refractivity contribution is -0.126. The third-order valence-electron chi connectivity index (χ3n) is 5.41. The summed E-state index contributed by atoms with van der Waals surface area (Å²) in [6.45, 7) is 2.09. The second kappa shape index (κ2) is 7.21. The van der Waals surface area contributed by atoms with Crippen LogP contribution in [0.5, 0.6) is 0 Å². The Morgan fingerprint density at radius 3 is 2.69 bits per heavy atom. The van der Waals surface area contributed by atoms with Crippen molar-refractivity contribution in [1.82, 2.24) is 19.0 Å². The van der Waals surface area contributed by atoms with Crippen LogP contribution in [0.3, 0.4) is 0 Å². The number of likely N-dealkylation sites (tertiary alicyclic amines) is 1. The Kier molecular flexibility index (Phi) is 4.94. The van der Waals surface area contributed by atoms with Crippen LogP contribution in [0.4, 0.5) is 0 Å². The van der Waals surface area contributed by atoms with Gasteiger partial charge in [-0.05, 0) is 50.0 Å². The van der Waals surface area contributed by atoms with Gasteiger partial charge in [-0.15, -0.1) is 0 Å². The summed E-state index contributed by atoms with van der Waals surface area (Å²) in [5.41, 5.74) is 2.76. The number of nitrogens with zero attached hydrogens (tertiary/aromatic N) is 3. The average Bonchev–Trinajstić information content (AvgIpc) is 3.25. The molecule has 1 aromatic carbocycles. The molecule has 140 valence electrons. The number of aromatic nitrogens is 2. The van der Waals surface area contributed by atoms with Gasteiger partial charge in [0.05, 0.1) is 23.2 Å². The van der Waals surface area contributed by atoms with Crippen molar-refractivity contribution >= 4 is 38.5 Å². The lowest BCUT2D eigenvalue weighted by Gasteiger charge is -2.34. The number of nitrogens with one attached hydrogen (secondary N) is 1. The van der Waals surface area contributed by atoms with Gasteiger partial charge in [0.1, 0.15) is 11.0 Å². The second-order valence-corrected chi connectivity index (χ2v) is 9.93. The van der Waals surface area contributed by atoms with E-state index in [4.69, 9.17) is 0 Å². The summed E-state index contributed by atoms with van der Waals surface area (Å²) in [6.07, 6.45) is 2.31. The number of hydrogen-bond acceptors (Lipinski definition) is 7. The van der Waals surface area contributed by atoms with E-state index < -0.39 is 9.84 Å². The van der Waals surface area contributed by atoms with Gasteiger partial charge in [0.25, 0.3) is 0 Å². The number of hydrogen-bond donors (Lipinski definition) is 1. The van der Waals surface area contributed by atoms with E-state index in [1.54, 1.807) is 0 Å². The molecule has 1 atom stereocenters. The van der Waals surface area contributed by atoms with Crippen molar-refractivity contribution in [2.75, 3.05) is 24.6 Å². The first-order valence-electron chi connectivity index (χ1n) is 8.93. The minimum Gasteiger partial charge on any atom is -0.352 e. The third-order valence-corrected chi connectivity index (χ3v) is 7.72. The Hall–Kier alpha value is -1.58. The van der Waals surface area contributed by atoms with Gasteiger partial charge in [-0.3, -0.25) is 9.69 Å². The highest BCUT2D eigenvalue weighted by Gasteiger charge is 2.35. The van der Waals surface area contributed by atoms with Crippen molar-refractivity contribution < 1.29 is 13.2 Å². The smallest absolute Gasteiger partial charge is 0.223 e. The number of carbonyl (C=O) groups excluding carboxylic acids is 1. The van der Waals surface area contributed by atoms with Crippen LogP contribution >= 0.6 is 11.7 Å². The highest BCUT2D eigenvalue weighted by atomic mass is 32.2. The van der Waals surface area contributed by atoms with E-state index in [-0.39, 0.29) is 23.6 Å². The van der Waals surface area contributed by atoms with Gasteiger partial charge in [0, 0.05) is 18.5 Å². The Morgan fingerprint density at radius 1 is 1.19 bits per heavy atom. The first-order valence-corrected chi connectivity index (χ1v) is 11.5. The fourth-order valence-electron chi connectivity index (χ4n) is 3.86. The van der Waals surface area contributed by atoms with Crippen LogP contribution in [-0.4, -0.2) is 58.6 Å². The molecule has 0 saturated carbocycles. The number of piperidine rings is 1. The van der Waals surface area contributed by atoms with Crippen LogP contribution in [0.2, 0.25) is 0 Å². The van der Waals surface area contributed by atoms with Gasteiger partial charge in [-0.1, -0.05) is 6.07 Å². The molecule has 2 aliphatic rings. The highest BCUT2D eigenvalue weighted by molar-refractivity contribution is 7.91. The molecule has 0 bridgehead atoms. The topological polar surface area (TPSA) is 92.3 Å². The summed E-state index contributed by atoms with van der Waals surface area (Å²) in [6, 6.07) is 5.99. The van der Waals surface area contributed by atoms with Crippen molar-refractivity contribution in [1.29, 1.82) is 0 Å². The molecule has 7 nitrogen and oxygen atoms in total. The second-order valence-electron chi connectivity index (χ2n) is 7.17. The predicted molar refractivity (Wildman–Crippen MR) is 101 cm³/mol. The number of sulfone groups is 1. The van der Waals surface area contributed by atoms with E-state index in [9.17, 15) is 13.2 Å². The van der Waals surface area contributed by atoms with Gasteiger partial charge in [0.15, 0.2) is 9.84 Å². The molecular formula is C17H22N4O3S2. The molecule has 9 heteroatoms. The first kappa shape index (κ1) is 17.8. The number of carbonyl (C=O) groups is 1. The monoisotopic (exact) mass is 394 g/mol. The lowest BCUT2D eigenvalue weighted by atomic mass is 9.94. The van der Waals surface area contributed by atoms with E-state index >= 15 is 0 Å². The number of fused-ring (bicyclic) bond motifs is 1. The molecule has 1 aromatic heterocycles. The summed E-state index contributed by atoms with van der Waals surface area (Å²) >= 11 is 1.19. The summed E-state index contributed by atoms with van der Waals surface area (Å²) < 4.78 is 31.7. The fraction of sp³-hybridized carbons (Fsp3) is 0.588. The minimum absolute atomic E-state index is 0.00827. The Labute approximate surface area is 157 Å². The normalized spacial score (nSPS) is 24.1. The number of amides is 1. The molecule has 2 saturated heterocycles. The maximum atomic E-state index is 12.5. The van der Waals surface area contributed by atoms with Crippen LogP contribution in [0.15, 0.2) is 18.2 Å². The van der Waals surface area contributed by atoms with Gasteiger partial charge in [-0.25, -0.2) is 8.42 Å². The maximum Gasteiger partial charge on any atom is 0.223 e. The summed E-state index contributed by atoms with van der Waals surface area (Å²) in [4.78, 5) is 14.7. The van der Waals surface area contributed by atoms with E-state index in [0.29, 0.717) is 12.3 Å². The molecule has 3 heterocycles. The Bertz CT molecular complexity index is 904. The van der Waals surface area contributed by atoms with Crippen LogP contribution in [0.25, 0.3) is 11.0 Å². The Morgan fingerprint density at radius 2 is 1.96 bits per heavy atom. The minimum atomic E-state index is -2.86. The SMILES string of the molecule is O=C(NCc1ccc2nsnc2c1)C1CCN([C@@H]2CCS(=O)(=O)C2)CC1. The first-order chi connectivity index (χ1) is 12.5. The zero-order chi connectivity index (χ0) is 18.1. The molecule has 0 spiro atoms. The molecule has 0 radical (unpaired) electrons. The summed E-state index contributed by atoms with van der Waals surface area (Å²) in [5, 5.41) is 3.02. The van der Waals surface area contributed by atoms with Crippen LogP contribution in [0, 0.1) is 5.92 Å². The van der Waals surface area contributed by atoms with Crippen molar-refractivity contribution in [3.8, 4) is 0 Å². The molecule has 2 aliphatic heterocycles. The van der Waals surface area contributed by atoms with E-state index in [2.05, 4.69) is 19.0 Å². The Balaban J connectivity index is 1.27. The average molecular weight is 395 g/mol. The van der Waals surface area contributed by atoms with Crippen LogP contribution < -0.4 is 5.32 Å². The molecule has 2 aromatic rings. The van der Waals surface area contributed by atoms with Crippen molar-refractivity contribution in [2.45, 2.75) is 31.8 Å². The molecule has 2 fully saturated rings. The quantitative estimate of drug-likeness (QED) is 0.838. The van der Waals surface area contributed by atoms with Crippen LogP contribution in [0.1, 0.15) is 24.8 Å². The maximum absolute atomic E-state index is 12.5. The summed E-state index contributed by atoms with van der Waals surface area (Å²) in [5.74, 6) is 0.670. The zero-order valence-electron chi connectivity index (χ0n) is 14.4. The highest BCUT2D eigenvalue weighted by Crippen LogP contribution is 2.24. The molecule has 1 N–H and O–H groups in total. The van der Waals surface area contributed by atoms with Gasteiger partial charge in [-0.2, -0.15) is 8.75 Å². The largest absolute Gasteiger partial charge is 0.352 e. The third kappa shape index (κ3) is 3.89. The molecule has 26 heavy (non-hydrogen) atoms. The van der Waals surface area contributed by atoms with E-state index in [0.717, 1.165) is 48.9 Å². The van der Waals surface area contributed by atoms with Crippen molar-refractivity contribution in [3.63, 3.8) is 0 Å². The van der Waals surface area contributed by atoms with Gasteiger partial charge in [0.2, 0.25) is 5.91 Å².